The van der Waals surface area contributed by atoms with Gasteiger partial charge in [0.05, 0.1) is 18.4 Å². The zero-order valence-corrected chi connectivity index (χ0v) is 17.2. The molecule has 1 saturated carbocycles. The second-order valence-corrected chi connectivity index (χ2v) is 8.03. The maximum Gasteiger partial charge on any atom is 0.335 e. The van der Waals surface area contributed by atoms with Gasteiger partial charge in [-0.3, -0.25) is 4.79 Å². The number of ether oxygens (including phenoxy) is 1. The van der Waals surface area contributed by atoms with Crippen LogP contribution < -0.4 is 10.1 Å². The molecule has 1 aromatic carbocycles. The number of rotatable bonds is 7. The quantitative estimate of drug-likeness (QED) is 0.623. The number of carbonyl (C=O) groups excluding carboxylic acids is 1. The van der Waals surface area contributed by atoms with Gasteiger partial charge in [-0.25, -0.2) is 14.3 Å². The minimum Gasteiger partial charge on any atom is -0.493 e. The van der Waals surface area contributed by atoms with Crippen LogP contribution in [0.3, 0.4) is 0 Å². The van der Waals surface area contributed by atoms with Crippen LogP contribution in [0.15, 0.2) is 36.4 Å². The van der Waals surface area contributed by atoms with Gasteiger partial charge in [0, 0.05) is 12.1 Å². The van der Waals surface area contributed by atoms with Crippen molar-refractivity contribution in [1.82, 2.24) is 19.9 Å². The Morgan fingerprint density at radius 2 is 1.90 bits per heavy atom. The molecule has 8 heteroatoms. The number of hydrogen-bond acceptors (Lipinski definition) is 5. The molecule has 30 heavy (non-hydrogen) atoms. The number of pyridine rings is 1. The smallest absolute Gasteiger partial charge is 0.335 e. The number of carboxylic acids is 1. The van der Waals surface area contributed by atoms with E-state index >= 15 is 0 Å². The van der Waals surface area contributed by atoms with E-state index in [4.69, 9.17) is 9.84 Å². The zero-order chi connectivity index (χ0) is 21.5. The van der Waals surface area contributed by atoms with Crippen LogP contribution in [-0.4, -0.2) is 45.2 Å². The molecule has 0 saturated heterocycles. The third-order valence-electron chi connectivity index (χ3n) is 5.38. The number of nitrogens with one attached hydrogen (secondary N) is 1. The van der Waals surface area contributed by atoms with Crippen molar-refractivity contribution in [3.63, 3.8) is 0 Å². The van der Waals surface area contributed by atoms with E-state index in [1.54, 1.807) is 42.0 Å². The Bertz CT molecular complexity index is 1110. The summed E-state index contributed by atoms with van der Waals surface area (Å²) >= 11 is 0. The van der Waals surface area contributed by atoms with Crippen LogP contribution >= 0.6 is 0 Å². The summed E-state index contributed by atoms with van der Waals surface area (Å²) in [6.45, 7) is 4.71. The molecule has 2 aromatic heterocycles. The Morgan fingerprint density at radius 1 is 1.20 bits per heavy atom. The lowest BCUT2D eigenvalue weighted by Crippen LogP contribution is -2.37. The first-order valence-corrected chi connectivity index (χ1v) is 9.92. The fraction of sp³-hybridized carbons (Fsp3) is 0.364. The molecule has 0 spiro atoms. The van der Waals surface area contributed by atoms with Gasteiger partial charge >= 0.3 is 5.97 Å². The summed E-state index contributed by atoms with van der Waals surface area (Å²) in [5.74, 6) is 0.375. The highest BCUT2D eigenvalue weighted by molar-refractivity contribution is 5.90. The zero-order valence-electron chi connectivity index (χ0n) is 17.2. The number of amides is 1. The van der Waals surface area contributed by atoms with E-state index in [0.717, 1.165) is 11.3 Å². The summed E-state index contributed by atoms with van der Waals surface area (Å²) in [6, 6.07) is 10.2. The molecule has 0 unspecified atom stereocenters. The van der Waals surface area contributed by atoms with Crippen molar-refractivity contribution in [2.24, 2.45) is 5.92 Å². The lowest BCUT2D eigenvalue weighted by molar-refractivity contribution is -0.123. The average Bonchev–Trinajstić information content (AvgIpc) is 3.43. The Morgan fingerprint density at radius 3 is 2.47 bits per heavy atom. The number of carbonyl (C=O) groups is 2. The number of hydrogen-bond donors (Lipinski definition) is 2. The highest BCUT2D eigenvalue weighted by Crippen LogP contribution is 2.47. The van der Waals surface area contributed by atoms with Crippen molar-refractivity contribution >= 4 is 17.5 Å². The van der Waals surface area contributed by atoms with E-state index in [1.165, 1.54) is 0 Å². The normalized spacial score (nSPS) is 14.7. The van der Waals surface area contributed by atoms with Gasteiger partial charge in [0.2, 0.25) is 5.91 Å². The molecule has 1 amide bonds. The van der Waals surface area contributed by atoms with Gasteiger partial charge in [0.15, 0.2) is 17.2 Å². The van der Waals surface area contributed by atoms with E-state index in [1.807, 2.05) is 6.07 Å². The molecule has 0 radical (unpaired) electrons. The molecule has 2 heterocycles. The highest BCUT2D eigenvalue weighted by atomic mass is 16.5. The molecule has 2 N–H and O–H groups in total. The van der Waals surface area contributed by atoms with E-state index in [9.17, 15) is 9.59 Å². The van der Waals surface area contributed by atoms with Gasteiger partial charge < -0.3 is 15.2 Å². The lowest BCUT2D eigenvalue weighted by atomic mass is 10.1. The number of aromatic nitrogens is 3. The van der Waals surface area contributed by atoms with Gasteiger partial charge in [0.25, 0.3) is 0 Å². The summed E-state index contributed by atoms with van der Waals surface area (Å²) in [5.41, 5.74) is 1.56. The van der Waals surface area contributed by atoms with Crippen LogP contribution in [-0.2, 0) is 10.2 Å². The van der Waals surface area contributed by atoms with Crippen molar-refractivity contribution in [1.29, 1.82) is 0 Å². The highest BCUT2D eigenvalue weighted by Gasteiger charge is 2.54. The summed E-state index contributed by atoms with van der Waals surface area (Å²) < 4.78 is 7.12. The van der Waals surface area contributed by atoms with Crippen LogP contribution in [0, 0.1) is 5.92 Å². The van der Waals surface area contributed by atoms with Crippen LogP contribution in [0.4, 0.5) is 0 Å². The molecule has 1 aliphatic rings. The van der Waals surface area contributed by atoms with Crippen LogP contribution in [0.1, 0.15) is 42.9 Å². The molecule has 0 atom stereocenters. The first-order valence-electron chi connectivity index (χ1n) is 9.92. The SMILES string of the molecule is COc1ccc(-c2ccc(C(=O)O)cc2)n2nc(C3(C(=O)NCC(C)C)CC3)nc12. The van der Waals surface area contributed by atoms with Crippen molar-refractivity contribution < 1.29 is 19.4 Å². The molecule has 1 fully saturated rings. The van der Waals surface area contributed by atoms with Crippen LogP contribution in [0.25, 0.3) is 16.9 Å². The van der Waals surface area contributed by atoms with Crippen LogP contribution in [0.2, 0.25) is 0 Å². The Hall–Kier alpha value is -3.42. The standard InChI is InChI=1S/C22H24N4O4/c1-13(2)12-23-21(29)22(10-11-22)20-24-18-17(30-3)9-8-16(26(18)25-20)14-4-6-15(7-5-14)19(27)28/h4-9,13H,10-12H2,1-3H3,(H,23,29)(H,27,28). The molecular weight excluding hydrogens is 384 g/mol. The number of aromatic carboxylic acids is 1. The third kappa shape index (κ3) is 3.38. The van der Waals surface area contributed by atoms with E-state index in [2.05, 4.69) is 29.2 Å². The largest absolute Gasteiger partial charge is 0.493 e. The minimum atomic E-state index is -0.979. The molecule has 0 aliphatic heterocycles. The number of fused-ring (bicyclic) bond motifs is 1. The molecule has 1 aliphatic carbocycles. The predicted molar refractivity (Wildman–Crippen MR) is 111 cm³/mol. The second kappa shape index (κ2) is 7.44. The maximum atomic E-state index is 12.8. The Balaban J connectivity index is 1.77. The topological polar surface area (TPSA) is 106 Å². The Kier molecular flexibility index (Phi) is 4.93. The lowest BCUT2D eigenvalue weighted by Gasteiger charge is -2.13. The van der Waals surface area contributed by atoms with Gasteiger partial charge in [-0.1, -0.05) is 26.0 Å². The van der Waals surface area contributed by atoms with Crippen molar-refractivity contribution in [3.8, 4) is 17.0 Å². The number of nitrogens with zero attached hydrogens (tertiary/aromatic N) is 3. The average molecular weight is 408 g/mol. The molecule has 8 nitrogen and oxygen atoms in total. The van der Waals surface area contributed by atoms with Gasteiger partial charge in [-0.2, -0.15) is 0 Å². The monoisotopic (exact) mass is 408 g/mol. The van der Waals surface area contributed by atoms with Gasteiger partial charge in [-0.15, -0.1) is 5.10 Å². The molecule has 3 aromatic rings. The van der Waals surface area contributed by atoms with Crippen LogP contribution in [0.5, 0.6) is 5.75 Å². The Labute approximate surface area is 173 Å². The van der Waals surface area contributed by atoms with E-state index < -0.39 is 11.4 Å². The third-order valence-corrected chi connectivity index (χ3v) is 5.38. The predicted octanol–water partition coefficient (Wildman–Crippen LogP) is 2.91. The summed E-state index contributed by atoms with van der Waals surface area (Å²) in [4.78, 5) is 28.6. The molecule has 0 bridgehead atoms. The molecular formula is C22H24N4O4. The first-order chi connectivity index (χ1) is 14.4. The maximum absolute atomic E-state index is 12.8. The van der Waals surface area contributed by atoms with E-state index in [0.29, 0.717) is 42.5 Å². The van der Waals surface area contributed by atoms with E-state index in [-0.39, 0.29) is 11.5 Å². The summed E-state index contributed by atoms with van der Waals surface area (Å²) in [5, 5.41) is 16.8. The molecule has 4 rings (SSSR count). The van der Waals surface area contributed by atoms with Crippen molar-refractivity contribution in [2.45, 2.75) is 32.1 Å². The number of methoxy groups -OCH3 is 1. The second-order valence-electron chi connectivity index (χ2n) is 8.03. The number of benzene rings is 1. The van der Waals surface area contributed by atoms with Gasteiger partial charge in [0.1, 0.15) is 5.41 Å². The summed E-state index contributed by atoms with van der Waals surface area (Å²) in [7, 11) is 1.56. The minimum absolute atomic E-state index is 0.0431. The fourth-order valence-corrected chi connectivity index (χ4v) is 3.45. The first kappa shape index (κ1) is 19.9. The number of carboxylic acid groups (broad SMARTS) is 1. The summed E-state index contributed by atoms with van der Waals surface area (Å²) in [6.07, 6.45) is 1.41. The van der Waals surface area contributed by atoms with Gasteiger partial charge in [-0.05, 0) is 43.0 Å². The van der Waals surface area contributed by atoms with Crippen molar-refractivity contribution in [3.05, 3.63) is 47.8 Å². The van der Waals surface area contributed by atoms with Crippen molar-refractivity contribution in [2.75, 3.05) is 13.7 Å². The fourth-order valence-electron chi connectivity index (χ4n) is 3.45. The molecule has 156 valence electrons.